The Morgan fingerprint density at radius 2 is 2.00 bits per heavy atom. The summed E-state index contributed by atoms with van der Waals surface area (Å²) in [5.41, 5.74) is 0. The number of nitrogens with zero attached hydrogens (tertiary/aromatic N) is 4. The van der Waals surface area contributed by atoms with E-state index in [0.29, 0.717) is 19.6 Å². The summed E-state index contributed by atoms with van der Waals surface area (Å²) in [6, 6.07) is 0. The van der Waals surface area contributed by atoms with E-state index in [4.69, 9.17) is 4.74 Å². The van der Waals surface area contributed by atoms with Crippen molar-refractivity contribution in [3.8, 4) is 0 Å². The Hall–Kier alpha value is -2.43. The van der Waals surface area contributed by atoms with Gasteiger partial charge in [0.05, 0.1) is 20.8 Å². The first-order valence-electron chi connectivity index (χ1n) is 6.38. The fourth-order valence-electron chi connectivity index (χ4n) is 1.93. The van der Waals surface area contributed by atoms with Gasteiger partial charge in [-0.2, -0.15) is 0 Å². The van der Waals surface area contributed by atoms with Gasteiger partial charge in [-0.15, -0.1) is 0 Å². The molecule has 2 amide bonds. The number of carbonyl (C=O) groups is 2. The van der Waals surface area contributed by atoms with Crippen molar-refractivity contribution in [2.24, 2.45) is 11.0 Å². The third kappa shape index (κ3) is 4.55. The molecule has 0 bridgehead atoms. The maximum atomic E-state index is 11.9. The number of hydrogen-bond donors (Lipinski definition) is 0. The minimum absolute atomic E-state index is 0.0397. The van der Waals surface area contributed by atoms with Crippen molar-refractivity contribution < 1.29 is 28.8 Å². The lowest BCUT2D eigenvalue weighted by molar-refractivity contribution is -0.486. The second kappa shape index (κ2) is 8.12. The summed E-state index contributed by atoms with van der Waals surface area (Å²) >= 11 is 0. The molecule has 11 heteroatoms. The molecule has 124 valence electrons. The van der Waals surface area contributed by atoms with E-state index in [0.717, 1.165) is 24.0 Å². The average molecular weight is 318 g/mol. The third-order valence-corrected chi connectivity index (χ3v) is 3.02. The predicted octanol–water partition coefficient (Wildman–Crippen LogP) is 0.337. The Labute approximate surface area is 126 Å². The fourth-order valence-corrected chi connectivity index (χ4v) is 1.93. The number of amides is 2. The van der Waals surface area contributed by atoms with Crippen LogP contribution in [0, 0.1) is 16.0 Å². The van der Waals surface area contributed by atoms with Crippen LogP contribution in [0.15, 0.2) is 5.10 Å². The highest BCUT2D eigenvalue weighted by atomic mass is 16.7. The molecule has 0 aromatic rings. The van der Waals surface area contributed by atoms with Gasteiger partial charge in [0.25, 0.3) is 5.96 Å². The molecule has 0 aliphatic carbocycles. The highest BCUT2D eigenvalue weighted by Crippen LogP contribution is 2.16. The Morgan fingerprint density at radius 3 is 2.45 bits per heavy atom. The van der Waals surface area contributed by atoms with Crippen molar-refractivity contribution in [1.82, 2.24) is 9.80 Å². The molecule has 1 heterocycles. The van der Waals surface area contributed by atoms with Crippen LogP contribution in [0.1, 0.15) is 6.42 Å². The van der Waals surface area contributed by atoms with Crippen LogP contribution in [-0.2, 0) is 14.2 Å². The van der Waals surface area contributed by atoms with E-state index in [1.165, 1.54) is 7.05 Å². The fraction of sp³-hybridized carbons (Fsp3) is 0.727. The first kappa shape index (κ1) is 17.6. The van der Waals surface area contributed by atoms with Crippen molar-refractivity contribution >= 4 is 18.1 Å². The van der Waals surface area contributed by atoms with Gasteiger partial charge < -0.3 is 14.2 Å². The van der Waals surface area contributed by atoms with E-state index in [1.54, 1.807) is 0 Å². The molecule has 0 saturated carbocycles. The topological polar surface area (TPSA) is 124 Å². The zero-order valence-electron chi connectivity index (χ0n) is 12.6. The maximum Gasteiger partial charge on any atom is 0.416 e. The largest absolute Gasteiger partial charge is 0.452 e. The minimum Gasteiger partial charge on any atom is -0.452 e. The quantitative estimate of drug-likeness (QED) is 0.318. The third-order valence-electron chi connectivity index (χ3n) is 3.02. The smallest absolute Gasteiger partial charge is 0.416 e. The molecule has 1 aliphatic heterocycles. The normalized spacial score (nSPS) is 17.8. The zero-order chi connectivity index (χ0) is 16.7. The van der Waals surface area contributed by atoms with Gasteiger partial charge in [-0.25, -0.2) is 29.5 Å². The van der Waals surface area contributed by atoms with E-state index in [9.17, 15) is 19.7 Å². The van der Waals surface area contributed by atoms with Crippen LogP contribution in [-0.4, -0.2) is 74.0 Å². The molecular formula is C11H18N4O7. The molecule has 0 radical (unpaired) electrons. The highest BCUT2D eigenvalue weighted by molar-refractivity contribution is 6.00. The van der Waals surface area contributed by atoms with Crippen molar-refractivity contribution in [3.05, 3.63) is 10.1 Å². The Morgan fingerprint density at radius 1 is 1.36 bits per heavy atom. The van der Waals surface area contributed by atoms with Crippen LogP contribution in [0.4, 0.5) is 9.59 Å². The van der Waals surface area contributed by atoms with Crippen LogP contribution in [0.25, 0.3) is 0 Å². The van der Waals surface area contributed by atoms with Gasteiger partial charge in [0.1, 0.15) is 5.10 Å². The number of carbonyl (C=O) groups excluding carboxylic acids is 2. The molecular weight excluding hydrogens is 300 g/mol. The van der Waals surface area contributed by atoms with Gasteiger partial charge in [-0.1, -0.05) is 0 Å². The molecule has 0 aromatic heterocycles. The average Bonchev–Trinajstić information content (AvgIpc) is 3.01. The Balaban J connectivity index is 3.08. The van der Waals surface area contributed by atoms with Gasteiger partial charge in [0.2, 0.25) is 0 Å². The first-order valence-corrected chi connectivity index (χ1v) is 6.38. The van der Waals surface area contributed by atoms with Crippen molar-refractivity contribution in [1.29, 1.82) is 0 Å². The number of rotatable bonds is 3. The molecule has 1 rings (SSSR count). The Kier molecular flexibility index (Phi) is 6.50. The molecule has 1 unspecified atom stereocenters. The number of guanidine groups is 1. The van der Waals surface area contributed by atoms with E-state index in [1.807, 2.05) is 0 Å². The van der Waals surface area contributed by atoms with Crippen LogP contribution < -0.4 is 0 Å². The summed E-state index contributed by atoms with van der Waals surface area (Å²) in [7, 11) is 3.44. The van der Waals surface area contributed by atoms with Gasteiger partial charge in [0, 0.05) is 26.1 Å². The highest BCUT2D eigenvalue weighted by Gasteiger charge is 2.33. The van der Waals surface area contributed by atoms with Crippen LogP contribution in [0.5, 0.6) is 0 Å². The minimum atomic E-state index is -1.00. The molecule has 1 atom stereocenters. The summed E-state index contributed by atoms with van der Waals surface area (Å²) < 4.78 is 14.3. The number of methoxy groups -OCH3 is 2. The van der Waals surface area contributed by atoms with Crippen LogP contribution >= 0.6 is 0 Å². The number of ether oxygens (including phenoxy) is 3. The molecule has 0 N–H and O–H groups in total. The first-order chi connectivity index (χ1) is 10.4. The number of nitro groups is 1. The molecule has 0 spiro atoms. The molecule has 22 heavy (non-hydrogen) atoms. The SMILES string of the molecule is COC(=O)N(C)/C(=N\[N+](=O)[O-])N(CC1CCOC1)C(=O)OC. The van der Waals surface area contributed by atoms with Gasteiger partial charge in [-0.3, -0.25) is 0 Å². The second-order valence-corrected chi connectivity index (χ2v) is 4.48. The van der Waals surface area contributed by atoms with E-state index >= 15 is 0 Å². The zero-order valence-corrected chi connectivity index (χ0v) is 12.6. The van der Waals surface area contributed by atoms with Gasteiger partial charge in [0.15, 0.2) is 5.03 Å². The number of hydrogen-bond acceptors (Lipinski definition) is 7. The lowest BCUT2D eigenvalue weighted by atomic mass is 10.1. The second-order valence-electron chi connectivity index (χ2n) is 4.48. The van der Waals surface area contributed by atoms with Gasteiger partial charge >= 0.3 is 12.2 Å². The summed E-state index contributed by atoms with van der Waals surface area (Å²) in [6.07, 6.45) is -1.10. The predicted molar refractivity (Wildman–Crippen MR) is 72.6 cm³/mol. The van der Waals surface area contributed by atoms with Crippen molar-refractivity contribution in [2.45, 2.75) is 6.42 Å². The molecule has 0 aromatic carbocycles. The van der Waals surface area contributed by atoms with Crippen LogP contribution in [0.2, 0.25) is 0 Å². The van der Waals surface area contributed by atoms with Crippen molar-refractivity contribution in [2.75, 3.05) is 41.0 Å². The lowest BCUT2D eigenvalue weighted by Gasteiger charge is -2.27. The molecule has 1 fully saturated rings. The van der Waals surface area contributed by atoms with E-state index < -0.39 is 23.2 Å². The summed E-state index contributed by atoms with van der Waals surface area (Å²) in [5.74, 6) is -0.530. The summed E-state index contributed by atoms with van der Waals surface area (Å²) in [6.45, 7) is 1.01. The van der Waals surface area contributed by atoms with Crippen LogP contribution in [0.3, 0.4) is 0 Å². The molecule has 1 saturated heterocycles. The standard InChI is InChI=1S/C11H18N4O7/c1-13(10(16)20-2)9(12-15(18)19)14(11(17)21-3)6-8-4-5-22-7-8/h8H,4-7H2,1-3H3/b12-9+. The van der Waals surface area contributed by atoms with E-state index in [-0.39, 0.29) is 12.5 Å². The maximum absolute atomic E-state index is 11.9. The Bertz CT molecular complexity index is 461. The monoisotopic (exact) mass is 318 g/mol. The van der Waals surface area contributed by atoms with Gasteiger partial charge in [-0.05, 0) is 6.42 Å². The lowest BCUT2D eigenvalue weighted by Crippen LogP contribution is -2.50. The molecule has 1 aliphatic rings. The molecule has 11 nitrogen and oxygen atoms in total. The van der Waals surface area contributed by atoms with Crippen molar-refractivity contribution in [3.63, 3.8) is 0 Å². The van der Waals surface area contributed by atoms with E-state index in [2.05, 4.69) is 14.6 Å². The summed E-state index contributed by atoms with van der Waals surface area (Å²) in [4.78, 5) is 35.9. The number of hydrazone groups is 1. The summed E-state index contributed by atoms with van der Waals surface area (Å²) in [5, 5.41) is 12.8.